The van der Waals surface area contributed by atoms with Crippen LogP contribution in [0.5, 0.6) is 0 Å². The molecule has 4 fully saturated rings. The highest BCUT2D eigenvalue weighted by Crippen LogP contribution is 2.69. The first kappa shape index (κ1) is 25.6. The number of hydrazone groups is 1. The molecule has 0 saturated heterocycles. The molecule has 0 aromatic rings. The van der Waals surface area contributed by atoms with Crippen LogP contribution in [0, 0.1) is 56.5 Å². The second-order valence-electron chi connectivity index (χ2n) is 13.1. The van der Waals surface area contributed by atoms with Gasteiger partial charge in [0.15, 0.2) is 10.6 Å². The van der Waals surface area contributed by atoms with Crippen molar-refractivity contribution in [1.29, 1.82) is 0 Å². The number of hydrogen-bond donors (Lipinski definition) is 0. The van der Waals surface area contributed by atoms with Gasteiger partial charge in [-0.3, -0.25) is 4.79 Å². The lowest BCUT2D eigenvalue weighted by atomic mass is 9.42. The fourth-order valence-electron chi connectivity index (χ4n) is 9.65. The van der Waals surface area contributed by atoms with Crippen molar-refractivity contribution in [2.24, 2.45) is 51.4 Å². The summed E-state index contributed by atoms with van der Waals surface area (Å²) in [6.45, 7) is 12.4. The van der Waals surface area contributed by atoms with E-state index in [2.05, 4.69) is 39.7 Å². The van der Waals surface area contributed by atoms with Gasteiger partial charge in [0.2, 0.25) is 0 Å². The minimum absolute atomic E-state index is 0.272. The summed E-state index contributed by atoms with van der Waals surface area (Å²) in [5.41, 5.74) is -0.344. The Labute approximate surface area is 205 Å². The fraction of sp³-hybridized carbons (Fsp3) is 0.929. The molecule has 0 N–H and O–H groups in total. The van der Waals surface area contributed by atoms with Gasteiger partial charge in [-0.2, -0.15) is 0 Å². The fourth-order valence-corrected chi connectivity index (χ4v) is 9.65. The quantitative estimate of drug-likeness (QED) is 0.215. The smallest absolute Gasteiger partial charge is 0.294 e. The van der Waals surface area contributed by atoms with E-state index in [0.29, 0.717) is 48.2 Å². The average molecular weight is 475 g/mol. The molecule has 0 aromatic heterocycles. The molecule has 1 unspecified atom stereocenters. The molecule has 0 spiro atoms. The van der Waals surface area contributed by atoms with E-state index in [4.69, 9.17) is 4.74 Å². The molecule has 4 rings (SSSR count). The zero-order chi connectivity index (χ0) is 24.7. The Morgan fingerprint density at radius 2 is 1.82 bits per heavy atom. The van der Waals surface area contributed by atoms with Gasteiger partial charge in [0.05, 0.1) is 5.10 Å². The van der Waals surface area contributed by atoms with Crippen molar-refractivity contribution in [3.63, 3.8) is 0 Å². The van der Waals surface area contributed by atoms with Crippen LogP contribution in [0.15, 0.2) is 5.10 Å². The first-order chi connectivity index (χ1) is 16.1. The van der Waals surface area contributed by atoms with Crippen LogP contribution in [-0.2, 0) is 9.53 Å². The van der Waals surface area contributed by atoms with Crippen LogP contribution < -0.4 is 0 Å². The van der Waals surface area contributed by atoms with E-state index in [9.17, 15) is 14.9 Å². The van der Waals surface area contributed by atoms with Crippen molar-refractivity contribution < 1.29 is 14.6 Å². The van der Waals surface area contributed by atoms with E-state index in [1.54, 1.807) is 0 Å². The zero-order valence-electron chi connectivity index (χ0n) is 22.1. The lowest BCUT2D eigenvalue weighted by Gasteiger charge is -2.63. The Bertz CT molecular complexity index is 812. The van der Waals surface area contributed by atoms with E-state index in [-0.39, 0.29) is 5.41 Å². The van der Waals surface area contributed by atoms with Crippen molar-refractivity contribution in [1.82, 2.24) is 0 Å². The Hall–Kier alpha value is -1.46. The van der Waals surface area contributed by atoms with Crippen molar-refractivity contribution in [3.8, 4) is 0 Å². The van der Waals surface area contributed by atoms with Gasteiger partial charge in [0, 0.05) is 5.41 Å². The summed E-state index contributed by atoms with van der Waals surface area (Å²) in [5.74, 6) is 3.64. The molecular formula is C28H46N2O4. The topological polar surface area (TPSA) is 81.8 Å². The van der Waals surface area contributed by atoms with Gasteiger partial charge in [-0.05, 0) is 92.3 Å². The molecule has 8 atom stereocenters. The zero-order valence-corrected chi connectivity index (χ0v) is 22.1. The van der Waals surface area contributed by atoms with Crippen molar-refractivity contribution in [2.45, 2.75) is 117 Å². The number of fused-ring (bicyclic) bond motifs is 5. The first-order valence-corrected chi connectivity index (χ1v) is 13.9. The highest BCUT2D eigenvalue weighted by atomic mass is 16.7. The van der Waals surface area contributed by atoms with Gasteiger partial charge in [-0.15, -0.1) is 0 Å². The normalized spacial score (nSPS) is 43.6. The third kappa shape index (κ3) is 4.01. The lowest BCUT2D eigenvalue weighted by molar-refractivity contribution is -0.486. The number of carbonyl (C=O) groups excluding carboxylic acids is 1. The molecule has 34 heavy (non-hydrogen) atoms. The third-order valence-corrected chi connectivity index (χ3v) is 11.2. The van der Waals surface area contributed by atoms with Crippen LogP contribution in [0.3, 0.4) is 0 Å². The summed E-state index contributed by atoms with van der Waals surface area (Å²) in [6, 6.07) is 0. The minimum atomic E-state index is -0.906. The molecule has 4 aliphatic carbocycles. The molecule has 0 aromatic carbocycles. The van der Waals surface area contributed by atoms with Gasteiger partial charge in [-0.1, -0.05) is 60.3 Å². The molecule has 0 amide bonds. The molecule has 0 bridgehead atoms. The highest BCUT2D eigenvalue weighted by molar-refractivity contribution is 5.95. The Morgan fingerprint density at radius 1 is 1.09 bits per heavy atom. The summed E-state index contributed by atoms with van der Waals surface area (Å²) in [5, 5.41) is 15.0. The maximum atomic E-state index is 11.7. The standard InChI is InChI=1S/C28H46N2O4/c1-19(2)9-8-10-20(3)22-11-12-23-21-17-25(29-30(32)33)28(34-18-31)15-7-6-14-27(28,5)24(21)13-16-26(22,23)4/h18-24H,6-17H2,1-5H3/b29-25+/t20?,21-,22+,23-,24-,26+,27+,28-/m0/s1. The third-order valence-electron chi connectivity index (χ3n) is 11.2. The largest absolute Gasteiger partial charge is 0.454 e. The highest BCUT2D eigenvalue weighted by Gasteiger charge is 2.68. The molecule has 0 heterocycles. The van der Waals surface area contributed by atoms with Gasteiger partial charge >= 0.3 is 0 Å². The van der Waals surface area contributed by atoms with Crippen LogP contribution >= 0.6 is 0 Å². The van der Waals surface area contributed by atoms with Crippen LogP contribution in [0.4, 0.5) is 0 Å². The molecule has 0 radical (unpaired) electrons. The summed E-state index contributed by atoms with van der Waals surface area (Å²) in [6.07, 6.45) is 13.0. The number of ether oxygens (including phenoxy) is 1. The second kappa shape index (κ2) is 9.54. The second-order valence-corrected chi connectivity index (χ2v) is 13.1. The molecule has 6 nitrogen and oxygen atoms in total. The van der Waals surface area contributed by atoms with Crippen LogP contribution in [0.2, 0.25) is 0 Å². The Balaban J connectivity index is 1.64. The van der Waals surface area contributed by atoms with Crippen molar-refractivity contribution in [3.05, 3.63) is 10.1 Å². The minimum Gasteiger partial charge on any atom is -0.454 e. The van der Waals surface area contributed by atoms with Crippen LogP contribution in [0.25, 0.3) is 0 Å². The van der Waals surface area contributed by atoms with E-state index in [1.807, 2.05) is 0 Å². The predicted molar refractivity (Wildman–Crippen MR) is 134 cm³/mol. The Morgan fingerprint density at radius 3 is 2.50 bits per heavy atom. The van der Waals surface area contributed by atoms with E-state index < -0.39 is 10.6 Å². The maximum absolute atomic E-state index is 11.7. The number of carbonyl (C=O) groups is 1. The summed E-state index contributed by atoms with van der Waals surface area (Å²) in [4.78, 5) is 23.3. The lowest BCUT2D eigenvalue weighted by Crippen LogP contribution is -2.66. The van der Waals surface area contributed by atoms with Gasteiger partial charge in [-0.25, -0.2) is 10.1 Å². The molecule has 192 valence electrons. The summed E-state index contributed by atoms with van der Waals surface area (Å²) < 4.78 is 5.88. The van der Waals surface area contributed by atoms with Crippen molar-refractivity contribution >= 4 is 12.2 Å². The Kier molecular flexibility index (Phi) is 7.19. The SMILES string of the molecule is CC(C)CCCC(C)[C@H]1CC[C@H]2[C@@H]3C/C(=N\[N+](=O)[O-])[C@@]4(OC=O)CCCC[C@]4(C)[C@H]3CC[C@]12C. The van der Waals surface area contributed by atoms with Crippen LogP contribution in [-0.4, -0.2) is 22.8 Å². The van der Waals surface area contributed by atoms with Crippen LogP contribution in [0.1, 0.15) is 112 Å². The van der Waals surface area contributed by atoms with Gasteiger partial charge in [0.1, 0.15) is 5.71 Å². The number of rotatable bonds is 8. The van der Waals surface area contributed by atoms with Gasteiger partial charge in [0.25, 0.3) is 6.47 Å². The molecule has 4 saturated carbocycles. The van der Waals surface area contributed by atoms with Crippen molar-refractivity contribution in [2.75, 3.05) is 0 Å². The van der Waals surface area contributed by atoms with E-state index >= 15 is 0 Å². The predicted octanol–water partition coefficient (Wildman–Crippen LogP) is 7.04. The molecule has 0 aliphatic heterocycles. The maximum Gasteiger partial charge on any atom is 0.294 e. The monoisotopic (exact) mass is 474 g/mol. The average Bonchev–Trinajstić information content (AvgIpc) is 3.11. The first-order valence-electron chi connectivity index (χ1n) is 13.9. The van der Waals surface area contributed by atoms with E-state index in [0.717, 1.165) is 43.4 Å². The number of nitrogens with zero attached hydrogens (tertiary/aromatic N) is 2. The molecule has 6 heteroatoms. The molecular weight excluding hydrogens is 428 g/mol. The van der Waals surface area contributed by atoms with Gasteiger partial charge < -0.3 is 4.74 Å². The number of hydrogen-bond acceptors (Lipinski definition) is 4. The number of nitro groups is 1. The molecule has 4 aliphatic rings. The summed E-state index contributed by atoms with van der Waals surface area (Å²) in [7, 11) is 0. The van der Waals surface area contributed by atoms with E-state index in [1.165, 1.54) is 38.5 Å². The summed E-state index contributed by atoms with van der Waals surface area (Å²) >= 11 is 0.